The van der Waals surface area contributed by atoms with E-state index in [0.29, 0.717) is 57.2 Å². The lowest BCUT2D eigenvalue weighted by Gasteiger charge is -2.16. The summed E-state index contributed by atoms with van der Waals surface area (Å²) >= 11 is 1.88. The fourth-order valence-corrected chi connectivity index (χ4v) is 4.28. The molecule has 3 aromatic heterocycles. The van der Waals surface area contributed by atoms with Crippen LogP contribution < -0.4 is 20.3 Å². The van der Waals surface area contributed by atoms with Crippen LogP contribution >= 0.6 is 11.8 Å². The van der Waals surface area contributed by atoms with E-state index in [0.717, 1.165) is 5.56 Å². The number of fused-ring (bicyclic) bond motifs is 1. The van der Waals surface area contributed by atoms with Gasteiger partial charge in [-0.05, 0) is 18.4 Å². The van der Waals surface area contributed by atoms with Crippen molar-refractivity contribution in [3.05, 3.63) is 54.4 Å². The lowest BCUT2D eigenvalue weighted by atomic mass is 10.2. The van der Waals surface area contributed by atoms with E-state index in [-0.39, 0.29) is 11.9 Å². The molecule has 1 fully saturated rings. The molecule has 12 heteroatoms. The van der Waals surface area contributed by atoms with E-state index in [4.69, 9.17) is 24.2 Å². The third-order valence-electron chi connectivity index (χ3n) is 6.72. The number of methoxy groups -OCH3 is 3. The van der Waals surface area contributed by atoms with Crippen molar-refractivity contribution in [3.8, 4) is 22.8 Å². The summed E-state index contributed by atoms with van der Waals surface area (Å²) in [5.74, 6) is 1.14. The molecule has 0 radical (unpaired) electrons. The zero-order chi connectivity index (χ0) is 30.4. The highest BCUT2D eigenvalue weighted by Gasteiger charge is 2.32. The van der Waals surface area contributed by atoms with Crippen molar-refractivity contribution >= 4 is 34.5 Å². The second-order valence-corrected chi connectivity index (χ2v) is 12.5. The summed E-state index contributed by atoms with van der Waals surface area (Å²) in [6.45, 7) is 7.06. The molecule has 1 amide bonds. The van der Waals surface area contributed by atoms with Crippen LogP contribution in [0.25, 0.3) is 22.4 Å². The number of pyridine rings is 1. The first-order chi connectivity index (χ1) is 20.0. The Morgan fingerprint density at radius 3 is 2.33 bits per heavy atom. The number of nitrogens with one attached hydrogen (secondary N) is 1. The van der Waals surface area contributed by atoms with Crippen molar-refractivity contribution in [2.24, 2.45) is 12.0 Å². The van der Waals surface area contributed by atoms with Crippen LogP contribution in [0.1, 0.15) is 27.2 Å². The van der Waals surface area contributed by atoms with Crippen molar-refractivity contribution in [2.75, 3.05) is 27.6 Å². The molecule has 1 saturated heterocycles. The summed E-state index contributed by atoms with van der Waals surface area (Å²) in [5.41, 5.74) is 4.19. The predicted molar refractivity (Wildman–Crippen MR) is 165 cm³/mol. The molecule has 0 saturated carbocycles. The molecule has 11 nitrogen and oxygen atoms in total. The maximum atomic E-state index is 12.3. The molecule has 1 aliphatic heterocycles. The third kappa shape index (κ3) is 7.68. The van der Waals surface area contributed by atoms with E-state index in [1.807, 2.05) is 53.8 Å². The Morgan fingerprint density at radius 1 is 1.10 bits per heavy atom. The second kappa shape index (κ2) is 13.4. The van der Waals surface area contributed by atoms with Crippen LogP contribution in [0.3, 0.4) is 0 Å². The van der Waals surface area contributed by atoms with Crippen LogP contribution in [-0.4, -0.2) is 74.7 Å². The largest absolute Gasteiger partial charge is 0.497 e. The standard InChI is InChI=1S/C25H27N7O4.C5H12S/c1-31-13-15(11-27-31)21-12-26-20-5-6-23(28-16-7-18(34-2)10-19(8-16)35-3)32(24(20)30-21)14-17-9-22(36-4)25(33)29-17;1-5(2,3)6-4/h5-8,10-13,17,22H,9,14H2,1-4H3,(H,29,33);1-4H3. The van der Waals surface area contributed by atoms with Crippen LogP contribution in [0.5, 0.6) is 11.5 Å². The average molecular weight is 594 g/mol. The zero-order valence-electron chi connectivity index (χ0n) is 25.4. The Morgan fingerprint density at radius 2 is 1.79 bits per heavy atom. The van der Waals surface area contributed by atoms with Gasteiger partial charge in [-0.1, -0.05) is 20.8 Å². The smallest absolute Gasteiger partial charge is 0.249 e. The highest BCUT2D eigenvalue weighted by Crippen LogP contribution is 2.27. The molecule has 0 bridgehead atoms. The third-order valence-corrected chi connectivity index (χ3v) is 7.95. The molecule has 1 aliphatic rings. The number of aryl methyl sites for hydroxylation is 1. The molecule has 5 rings (SSSR count). The van der Waals surface area contributed by atoms with Crippen molar-refractivity contribution in [3.63, 3.8) is 0 Å². The Balaban J connectivity index is 0.000000612. The number of hydrogen-bond acceptors (Lipinski definition) is 9. The fraction of sp³-hybridized carbons (Fsp3) is 0.433. The number of benzene rings is 1. The summed E-state index contributed by atoms with van der Waals surface area (Å²) < 4.78 is 20.3. The van der Waals surface area contributed by atoms with Crippen LogP contribution in [-0.2, 0) is 23.1 Å². The second-order valence-electron chi connectivity index (χ2n) is 10.8. The van der Waals surface area contributed by atoms with Gasteiger partial charge in [-0.2, -0.15) is 16.9 Å². The summed E-state index contributed by atoms with van der Waals surface area (Å²) in [4.78, 5) is 26.7. The Bertz CT molecular complexity index is 1590. The number of carbonyl (C=O) groups is 1. The molecule has 0 aliphatic carbocycles. The molecule has 2 unspecified atom stereocenters. The van der Waals surface area contributed by atoms with E-state index in [1.165, 1.54) is 0 Å². The minimum Gasteiger partial charge on any atom is -0.497 e. The molecular formula is C30H39N7O4S. The van der Waals surface area contributed by atoms with E-state index in [2.05, 4.69) is 42.4 Å². The van der Waals surface area contributed by atoms with Gasteiger partial charge < -0.3 is 24.1 Å². The fourth-order valence-electron chi connectivity index (χ4n) is 4.28. The summed E-state index contributed by atoms with van der Waals surface area (Å²) in [7, 11) is 6.59. The van der Waals surface area contributed by atoms with Crippen LogP contribution in [0.4, 0.5) is 5.69 Å². The number of hydrogen-bond donors (Lipinski definition) is 1. The highest BCUT2D eigenvalue weighted by molar-refractivity contribution is 7.99. The topological polar surface area (TPSA) is 118 Å². The van der Waals surface area contributed by atoms with Gasteiger partial charge in [0.25, 0.3) is 0 Å². The molecule has 2 atom stereocenters. The van der Waals surface area contributed by atoms with Gasteiger partial charge in [0.05, 0.1) is 38.0 Å². The number of nitrogens with zero attached hydrogens (tertiary/aromatic N) is 6. The Labute approximate surface area is 250 Å². The van der Waals surface area contributed by atoms with E-state index in [1.54, 1.807) is 44.5 Å². The SMILES string of the molecule is COc1cc(N=c2ccc3ncc(-c4cnn(C)c4)nc3n2CC2CC(OC)C(=O)N2)cc(OC)c1.CSC(C)(C)C. The van der Waals surface area contributed by atoms with Crippen LogP contribution in [0.15, 0.2) is 53.9 Å². The zero-order valence-corrected chi connectivity index (χ0v) is 26.2. The maximum Gasteiger partial charge on any atom is 0.249 e. The first-order valence-electron chi connectivity index (χ1n) is 13.5. The number of rotatable bonds is 7. The molecule has 42 heavy (non-hydrogen) atoms. The Hall–Kier alpha value is -3.90. The van der Waals surface area contributed by atoms with Gasteiger partial charge in [-0.25, -0.2) is 9.98 Å². The van der Waals surface area contributed by atoms with Gasteiger partial charge in [0.1, 0.15) is 28.6 Å². The first kappa shape index (κ1) is 31.0. The van der Waals surface area contributed by atoms with Gasteiger partial charge in [0, 0.05) is 67.9 Å². The van der Waals surface area contributed by atoms with Crippen molar-refractivity contribution in [1.29, 1.82) is 0 Å². The average Bonchev–Trinajstić information content (AvgIpc) is 3.58. The molecule has 1 N–H and O–H groups in total. The van der Waals surface area contributed by atoms with Crippen LogP contribution in [0, 0.1) is 0 Å². The van der Waals surface area contributed by atoms with E-state index < -0.39 is 6.10 Å². The van der Waals surface area contributed by atoms with Crippen molar-refractivity contribution in [2.45, 2.75) is 50.6 Å². The molecule has 4 heterocycles. The molecule has 0 spiro atoms. The number of aromatic nitrogens is 5. The lowest BCUT2D eigenvalue weighted by Crippen LogP contribution is -2.34. The summed E-state index contributed by atoms with van der Waals surface area (Å²) in [6.07, 6.45) is 7.55. The van der Waals surface area contributed by atoms with Crippen LogP contribution in [0.2, 0.25) is 0 Å². The predicted octanol–water partition coefficient (Wildman–Crippen LogP) is 4.13. The van der Waals surface area contributed by atoms with Crippen molar-refractivity contribution in [1.82, 2.24) is 29.6 Å². The van der Waals surface area contributed by atoms with Crippen molar-refractivity contribution < 1.29 is 19.0 Å². The Kier molecular flexibility index (Phi) is 9.89. The highest BCUT2D eigenvalue weighted by atomic mass is 32.2. The quantitative estimate of drug-likeness (QED) is 0.340. The summed E-state index contributed by atoms with van der Waals surface area (Å²) in [5, 5.41) is 7.27. The van der Waals surface area contributed by atoms with Gasteiger partial charge >= 0.3 is 0 Å². The lowest BCUT2D eigenvalue weighted by molar-refractivity contribution is -0.127. The van der Waals surface area contributed by atoms with Gasteiger partial charge in [-0.15, -0.1) is 0 Å². The number of amides is 1. The maximum absolute atomic E-state index is 12.3. The molecule has 224 valence electrons. The number of thioether (sulfide) groups is 1. The van der Waals surface area contributed by atoms with Gasteiger partial charge in [-0.3, -0.25) is 14.5 Å². The van der Waals surface area contributed by atoms with Gasteiger partial charge in [0.15, 0.2) is 5.65 Å². The van der Waals surface area contributed by atoms with E-state index >= 15 is 0 Å². The van der Waals surface area contributed by atoms with Gasteiger partial charge in [0.2, 0.25) is 5.91 Å². The number of ether oxygens (including phenoxy) is 3. The molecule has 1 aromatic carbocycles. The minimum atomic E-state index is -0.481. The first-order valence-corrected chi connectivity index (χ1v) is 14.8. The normalized spacial score (nSPS) is 17.1. The monoisotopic (exact) mass is 593 g/mol. The molecule has 4 aromatic rings. The molecular weight excluding hydrogens is 554 g/mol. The van der Waals surface area contributed by atoms with E-state index in [9.17, 15) is 4.79 Å². The summed E-state index contributed by atoms with van der Waals surface area (Å²) in [6, 6.07) is 9.05. The minimum absolute atomic E-state index is 0.124. The number of carbonyl (C=O) groups excluding carboxylic acids is 1.